The van der Waals surface area contributed by atoms with Crippen LogP contribution in [0.15, 0.2) is 18.2 Å². The Morgan fingerprint density at radius 3 is 2.72 bits per heavy atom. The van der Waals surface area contributed by atoms with Crippen LogP contribution < -0.4 is 15.4 Å². The number of fused-ring (bicyclic) bond motifs is 1. The Hall–Kier alpha value is -2.12. The van der Waals surface area contributed by atoms with Gasteiger partial charge < -0.3 is 15.0 Å². The van der Waals surface area contributed by atoms with Crippen LogP contribution in [-0.2, 0) is 16.1 Å². The first-order valence-electron chi connectivity index (χ1n) is 8.27. The summed E-state index contributed by atoms with van der Waals surface area (Å²) in [4.78, 5) is 37.5. The fourth-order valence-electron chi connectivity index (χ4n) is 3.55. The lowest BCUT2D eigenvalue weighted by Crippen LogP contribution is -2.52. The van der Waals surface area contributed by atoms with Gasteiger partial charge >= 0.3 is 0 Å². The Bertz CT molecular complexity index is 718. The third-order valence-corrected chi connectivity index (χ3v) is 4.81. The molecule has 2 atom stereocenters. The van der Waals surface area contributed by atoms with Gasteiger partial charge in [0.1, 0.15) is 17.9 Å². The number of hydrogen-bond acceptors (Lipinski definition) is 5. The molecule has 1 aromatic carbocycles. The van der Waals surface area contributed by atoms with Gasteiger partial charge in [0.2, 0.25) is 11.8 Å². The highest BCUT2D eigenvalue weighted by Crippen LogP contribution is 2.30. The largest absolute Gasteiger partial charge is 0.489 e. The Balaban J connectivity index is 0.00000182. The monoisotopic (exact) mass is 365 g/mol. The van der Waals surface area contributed by atoms with Gasteiger partial charge in [0.05, 0.1) is 0 Å². The Kier molecular flexibility index (Phi) is 4.96. The van der Waals surface area contributed by atoms with Gasteiger partial charge in [-0.1, -0.05) is 0 Å². The van der Waals surface area contributed by atoms with Crippen LogP contribution in [0.5, 0.6) is 5.75 Å². The molecule has 3 amide bonds. The average Bonchev–Trinajstić information content (AvgIpc) is 3.16. The minimum absolute atomic E-state index is 0. The van der Waals surface area contributed by atoms with Gasteiger partial charge in [-0.05, 0) is 43.1 Å². The summed E-state index contributed by atoms with van der Waals surface area (Å²) in [6.07, 6.45) is 1.77. The van der Waals surface area contributed by atoms with E-state index in [0.29, 0.717) is 18.5 Å². The number of carbonyl (C=O) groups excluding carboxylic acids is 3. The van der Waals surface area contributed by atoms with Gasteiger partial charge in [0.25, 0.3) is 5.91 Å². The Labute approximate surface area is 151 Å². The molecule has 2 saturated heterocycles. The maximum absolute atomic E-state index is 12.6. The highest BCUT2D eigenvalue weighted by molar-refractivity contribution is 6.05. The second-order valence-corrected chi connectivity index (χ2v) is 6.45. The second kappa shape index (κ2) is 7.01. The van der Waals surface area contributed by atoms with E-state index in [2.05, 4.69) is 10.6 Å². The highest BCUT2D eigenvalue weighted by Gasteiger charge is 2.39. The smallest absolute Gasteiger partial charge is 0.255 e. The predicted octanol–water partition coefficient (Wildman–Crippen LogP) is 0.610. The molecule has 4 rings (SSSR count). The first-order chi connectivity index (χ1) is 11.6. The molecule has 25 heavy (non-hydrogen) atoms. The van der Waals surface area contributed by atoms with E-state index in [1.54, 1.807) is 11.0 Å². The number of amides is 3. The van der Waals surface area contributed by atoms with E-state index in [4.69, 9.17) is 4.74 Å². The van der Waals surface area contributed by atoms with Crippen LogP contribution in [-0.4, -0.2) is 47.9 Å². The molecule has 3 aliphatic rings. The first-order valence-corrected chi connectivity index (χ1v) is 8.27. The summed E-state index contributed by atoms with van der Waals surface area (Å²) < 4.78 is 5.94. The molecule has 1 unspecified atom stereocenters. The van der Waals surface area contributed by atoms with E-state index >= 15 is 0 Å². The van der Waals surface area contributed by atoms with Crippen molar-refractivity contribution < 1.29 is 19.1 Å². The van der Waals surface area contributed by atoms with E-state index in [9.17, 15) is 14.4 Å². The summed E-state index contributed by atoms with van der Waals surface area (Å²) in [6, 6.07) is 4.88. The number of carbonyl (C=O) groups is 3. The molecule has 3 aliphatic heterocycles. The van der Waals surface area contributed by atoms with Crippen molar-refractivity contribution in [2.75, 3.05) is 13.1 Å². The second-order valence-electron chi connectivity index (χ2n) is 6.45. The van der Waals surface area contributed by atoms with Gasteiger partial charge in [0.15, 0.2) is 0 Å². The predicted molar refractivity (Wildman–Crippen MR) is 91.6 cm³/mol. The maximum Gasteiger partial charge on any atom is 0.255 e. The first kappa shape index (κ1) is 17.7. The lowest BCUT2D eigenvalue weighted by Gasteiger charge is -2.29. The lowest BCUT2D eigenvalue weighted by molar-refractivity contribution is -0.136. The van der Waals surface area contributed by atoms with E-state index in [1.165, 1.54) is 0 Å². The summed E-state index contributed by atoms with van der Waals surface area (Å²) in [6.45, 7) is 2.16. The van der Waals surface area contributed by atoms with Crippen molar-refractivity contribution in [1.29, 1.82) is 0 Å². The van der Waals surface area contributed by atoms with Crippen molar-refractivity contribution in [2.24, 2.45) is 0 Å². The summed E-state index contributed by atoms with van der Waals surface area (Å²) >= 11 is 0. The Morgan fingerprint density at radius 2 is 2.00 bits per heavy atom. The van der Waals surface area contributed by atoms with Crippen molar-refractivity contribution in [1.82, 2.24) is 15.5 Å². The van der Waals surface area contributed by atoms with Gasteiger partial charge in [-0.15, -0.1) is 12.4 Å². The van der Waals surface area contributed by atoms with E-state index in [0.717, 1.165) is 30.8 Å². The highest BCUT2D eigenvalue weighted by atomic mass is 35.5. The summed E-state index contributed by atoms with van der Waals surface area (Å²) in [5, 5.41) is 5.56. The number of benzene rings is 1. The molecular formula is C17H20ClN3O4. The van der Waals surface area contributed by atoms with Crippen LogP contribution in [0.25, 0.3) is 0 Å². The number of halogens is 1. The number of rotatable bonds is 3. The zero-order chi connectivity index (χ0) is 16.7. The van der Waals surface area contributed by atoms with Crippen molar-refractivity contribution >= 4 is 30.1 Å². The molecule has 134 valence electrons. The number of hydrogen-bond donors (Lipinski definition) is 2. The average molecular weight is 366 g/mol. The van der Waals surface area contributed by atoms with Crippen molar-refractivity contribution in [3.63, 3.8) is 0 Å². The quantitative estimate of drug-likeness (QED) is 0.766. The van der Waals surface area contributed by atoms with Crippen LogP contribution in [0.4, 0.5) is 0 Å². The molecular weight excluding hydrogens is 346 g/mol. The topological polar surface area (TPSA) is 87.7 Å². The minimum atomic E-state index is -0.578. The van der Waals surface area contributed by atoms with Crippen LogP contribution in [0.3, 0.4) is 0 Å². The summed E-state index contributed by atoms with van der Waals surface area (Å²) in [5.74, 6) is -0.0730. The molecule has 2 fully saturated rings. The van der Waals surface area contributed by atoms with Gasteiger partial charge in [0, 0.05) is 25.1 Å². The zero-order valence-electron chi connectivity index (χ0n) is 13.6. The van der Waals surface area contributed by atoms with Crippen LogP contribution in [0, 0.1) is 0 Å². The standard InChI is InChI=1S/C17H19N3O4.ClH/c21-15-4-3-14(16(22)19-15)20-9-10-7-11(1-2-13(10)17(20)23)24-12-5-6-18-8-12;/h1-2,7,12,14,18H,3-6,8-9H2,(H,19,21,22);1H/t12-,14?;/m1./s1. The minimum Gasteiger partial charge on any atom is -0.489 e. The van der Waals surface area contributed by atoms with Crippen LogP contribution >= 0.6 is 12.4 Å². The number of imide groups is 1. The molecule has 2 N–H and O–H groups in total. The van der Waals surface area contributed by atoms with Crippen molar-refractivity contribution in [3.05, 3.63) is 29.3 Å². The van der Waals surface area contributed by atoms with Crippen molar-refractivity contribution in [2.45, 2.75) is 38.0 Å². The molecule has 0 saturated carbocycles. The fourth-order valence-corrected chi connectivity index (χ4v) is 3.55. The van der Waals surface area contributed by atoms with Gasteiger partial charge in [-0.2, -0.15) is 0 Å². The van der Waals surface area contributed by atoms with E-state index in [-0.39, 0.29) is 42.7 Å². The third kappa shape index (κ3) is 3.34. The normalized spacial score (nSPS) is 25.4. The zero-order valence-corrected chi connectivity index (χ0v) is 14.4. The molecule has 0 radical (unpaired) electrons. The summed E-state index contributed by atoms with van der Waals surface area (Å²) in [7, 11) is 0. The van der Waals surface area contributed by atoms with Gasteiger partial charge in [-0.3, -0.25) is 19.7 Å². The van der Waals surface area contributed by atoms with Crippen LogP contribution in [0.1, 0.15) is 35.2 Å². The lowest BCUT2D eigenvalue weighted by atomic mass is 10.0. The Morgan fingerprint density at radius 1 is 1.16 bits per heavy atom. The summed E-state index contributed by atoms with van der Waals surface area (Å²) in [5.41, 5.74) is 1.48. The van der Waals surface area contributed by atoms with E-state index in [1.807, 2.05) is 12.1 Å². The number of nitrogens with one attached hydrogen (secondary N) is 2. The molecule has 7 nitrogen and oxygen atoms in total. The molecule has 0 bridgehead atoms. The van der Waals surface area contributed by atoms with E-state index < -0.39 is 6.04 Å². The molecule has 0 aromatic heterocycles. The molecule has 0 spiro atoms. The molecule has 3 heterocycles. The molecule has 0 aliphatic carbocycles. The number of piperidine rings is 1. The SMILES string of the molecule is Cl.O=C1CCC(N2Cc3cc(O[C@@H]4CCNC4)ccc3C2=O)C(=O)N1. The maximum atomic E-state index is 12.6. The number of nitrogens with zero attached hydrogens (tertiary/aromatic N) is 1. The number of ether oxygens (including phenoxy) is 1. The van der Waals surface area contributed by atoms with Crippen LogP contribution in [0.2, 0.25) is 0 Å². The van der Waals surface area contributed by atoms with Crippen molar-refractivity contribution in [3.8, 4) is 5.75 Å². The molecule has 1 aromatic rings. The van der Waals surface area contributed by atoms with Gasteiger partial charge in [-0.25, -0.2) is 0 Å². The third-order valence-electron chi connectivity index (χ3n) is 4.81. The molecule has 8 heteroatoms. The fraction of sp³-hybridized carbons (Fsp3) is 0.471.